The van der Waals surface area contributed by atoms with Crippen LogP contribution in [0.1, 0.15) is 38.4 Å². The topological polar surface area (TPSA) is 76.3 Å². The molecule has 1 saturated heterocycles. The van der Waals surface area contributed by atoms with Crippen molar-refractivity contribution in [2.45, 2.75) is 45.3 Å². The molecule has 0 radical (unpaired) electrons. The van der Waals surface area contributed by atoms with Crippen LogP contribution in [0, 0.1) is 0 Å². The molecule has 1 aromatic rings. The second-order valence-corrected chi connectivity index (χ2v) is 4.86. The maximum atomic E-state index is 5.48. The van der Waals surface area contributed by atoms with Gasteiger partial charge in [0.25, 0.3) is 0 Å². The van der Waals surface area contributed by atoms with Gasteiger partial charge in [-0.05, 0) is 25.7 Å². The van der Waals surface area contributed by atoms with Gasteiger partial charge in [-0.2, -0.15) is 0 Å². The van der Waals surface area contributed by atoms with E-state index < -0.39 is 0 Å². The highest BCUT2D eigenvalue weighted by molar-refractivity contribution is 5.49. The quantitative estimate of drug-likeness (QED) is 0.623. The SMILES string of the molecule is CCC1CCCCN1c1cc(NN)nc(COC)n1. The summed E-state index contributed by atoms with van der Waals surface area (Å²) in [5.41, 5.74) is 2.60. The number of anilines is 2. The Balaban J connectivity index is 2.28. The molecule has 1 unspecified atom stereocenters. The lowest BCUT2D eigenvalue weighted by Crippen LogP contribution is -2.40. The van der Waals surface area contributed by atoms with E-state index in [0.29, 0.717) is 24.3 Å². The van der Waals surface area contributed by atoms with Crippen LogP contribution in [0.4, 0.5) is 11.6 Å². The number of hydrogen-bond acceptors (Lipinski definition) is 6. The zero-order valence-electron chi connectivity index (χ0n) is 11.7. The second kappa shape index (κ2) is 6.68. The molecule has 6 heteroatoms. The largest absolute Gasteiger partial charge is 0.377 e. The lowest BCUT2D eigenvalue weighted by atomic mass is 10.00. The second-order valence-electron chi connectivity index (χ2n) is 4.86. The van der Waals surface area contributed by atoms with Crippen LogP contribution in [0.3, 0.4) is 0 Å². The van der Waals surface area contributed by atoms with Gasteiger partial charge in [0.15, 0.2) is 5.82 Å². The Labute approximate surface area is 114 Å². The fourth-order valence-electron chi connectivity index (χ4n) is 2.62. The first-order valence-electron chi connectivity index (χ1n) is 6.88. The lowest BCUT2D eigenvalue weighted by molar-refractivity contribution is 0.178. The minimum Gasteiger partial charge on any atom is -0.377 e. The summed E-state index contributed by atoms with van der Waals surface area (Å²) in [5, 5.41) is 0. The van der Waals surface area contributed by atoms with E-state index in [1.165, 1.54) is 19.3 Å². The van der Waals surface area contributed by atoms with Crippen LogP contribution >= 0.6 is 0 Å². The third-order valence-corrected chi connectivity index (χ3v) is 3.57. The van der Waals surface area contributed by atoms with Crippen molar-refractivity contribution in [1.29, 1.82) is 0 Å². The van der Waals surface area contributed by atoms with E-state index in [4.69, 9.17) is 10.6 Å². The highest BCUT2D eigenvalue weighted by atomic mass is 16.5. The molecular weight excluding hydrogens is 242 g/mol. The molecule has 1 aliphatic rings. The number of methoxy groups -OCH3 is 1. The highest BCUT2D eigenvalue weighted by Gasteiger charge is 2.23. The summed E-state index contributed by atoms with van der Waals surface area (Å²) in [6, 6.07) is 2.47. The molecule has 1 fully saturated rings. The smallest absolute Gasteiger partial charge is 0.158 e. The Morgan fingerprint density at radius 2 is 2.32 bits per heavy atom. The van der Waals surface area contributed by atoms with Crippen molar-refractivity contribution in [2.24, 2.45) is 5.84 Å². The van der Waals surface area contributed by atoms with Gasteiger partial charge in [0, 0.05) is 25.8 Å². The summed E-state index contributed by atoms with van der Waals surface area (Å²) in [6.45, 7) is 3.67. The molecule has 3 N–H and O–H groups in total. The van der Waals surface area contributed by atoms with Crippen LogP contribution in [0.2, 0.25) is 0 Å². The van der Waals surface area contributed by atoms with Gasteiger partial charge >= 0.3 is 0 Å². The number of hydrogen-bond donors (Lipinski definition) is 2. The fourth-order valence-corrected chi connectivity index (χ4v) is 2.62. The average Bonchev–Trinajstić information content (AvgIpc) is 2.47. The summed E-state index contributed by atoms with van der Waals surface area (Å²) in [6.07, 6.45) is 4.87. The van der Waals surface area contributed by atoms with Gasteiger partial charge in [-0.15, -0.1) is 0 Å². The third-order valence-electron chi connectivity index (χ3n) is 3.57. The monoisotopic (exact) mass is 265 g/mol. The van der Waals surface area contributed by atoms with Gasteiger partial charge in [0.2, 0.25) is 0 Å². The Morgan fingerprint density at radius 1 is 1.47 bits per heavy atom. The van der Waals surface area contributed by atoms with Crippen LogP contribution in [-0.2, 0) is 11.3 Å². The molecule has 2 rings (SSSR count). The summed E-state index contributed by atoms with van der Waals surface area (Å²) < 4.78 is 5.11. The molecule has 106 valence electrons. The number of piperidine rings is 1. The molecule has 0 amide bonds. The Bertz CT molecular complexity index is 412. The predicted molar refractivity (Wildman–Crippen MR) is 75.8 cm³/mol. The van der Waals surface area contributed by atoms with E-state index >= 15 is 0 Å². The first-order chi connectivity index (χ1) is 9.28. The molecule has 0 aliphatic carbocycles. The first-order valence-corrected chi connectivity index (χ1v) is 6.88. The Kier molecular flexibility index (Phi) is 4.93. The number of nitrogens with two attached hydrogens (primary N) is 1. The van der Waals surface area contributed by atoms with Crippen LogP contribution in [0.25, 0.3) is 0 Å². The van der Waals surface area contributed by atoms with Crippen LogP contribution in [0.15, 0.2) is 6.07 Å². The molecule has 0 bridgehead atoms. The zero-order valence-corrected chi connectivity index (χ0v) is 11.7. The molecule has 1 aliphatic heterocycles. The molecule has 0 aromatic carbocycles. The molecule has 19 heavy (non-hydrogen) atoms. The van der Waals surface area contributed by atoms with Crippen LogP contribution < -0.4 is 16.2 Å². The number of nitrogens with one attached hydrogen (secondary N) is 1. The van der Waals surface area contributed by atoms with Crippen LogP contribution in [-0.4, -0.2) is 29.7 Å². The van der Waals surface area contributed by atoms with E-state index in [0.717, 1.165) is 18.8 Å². The van der Waals surface area contributed by atoms with Gasteiger partial charge in [0.05, 0.1) is 0 Å². The Hall–Kier alpha value is -1.40. The summed E-state index contributed by atoms with van der Waals surface area (Å²) in [5.74, 6) is 7.72. The number of rotatable bonds is 5. The summed E-state index contributed by atoms with van der Waals surface area (Å²) in [7, 11) is 1.64. The molecule has 6 nitrogen and oxygen atoms in total. The highest BCUT2D eigenvalue weighted by Crippen LogP contribution is 2.26. The molecule has 1 atom stereocenters. The number of aromatic nitrogens is 2. The summed E-state index contributed by atoms with van der Waals surface area (Å²) in [4.78, 5) is 11.2. The van der Waals surface area contributed by atoms with Gasteiger partial charge in [-0.1, -0.05) is 6.92 Å². The number of nitrogens with zero attached hydrogens (tertiary/aromatic N) is 3. The zero-order chi connectivity index (χ0) is 13.7. The lowest BCUT2D eigenvalue weighted by Gasteiger charge is -2.36. The molecular formula is C13H23N5O. The number of nitrogen functional groups attached to an aromatic ring is 1. The maximum absolute atomic E-state index is 5.48. The van der Waals surface area contributed by atoms with Gasteiger partial charge in [0.1, 0.15) is 18.2 Å². The maximum Gasteiger partial charge on any atom is 0.158 e. The predicted octanol–water partition coefficient (Wildman–Crippen LogP) is 1.68. The van der Waals surface area contributed by atoms with Gasteiger partial charge in [-0.25, -0.2) is 15.8 Å². The van der Waals surface area contributed by atoms with E-state index in [-0.39, 0.29) is 0 Å². The first kappa shape index (κ1) is 14.0. The van der Waals surface area contributed by atoms with Crippen molar-refractivity contribution in [1.82, 2.24) is 9.97 Å². The molecule has 0 spiro atoms. The van der Waals surface area contributed by atoms with E-state index in [1.807, 2.05) is 6.07 Å². The minimum atomic E-state index is 0.396. The average molecular weight is 265 g/mol. The minimum absolute atomic E-state index is 0.396. The van der Waals surface area contributed by atoms with Crippen molar-refractivity contribution in [3.63, 3.8) is 0 Å². The van der Waals surface area contributed by atoms with Crippen molar-refractivity contribution in [3.8, 4) is 0 Å². The molecule has 0 saturated carbocycles. The fraction of sp³-hybridized carbons (Fsp3) is 0.692. The van der Waals surface area contributed by atoms with E-state index in [9.17, 15) is 0 Å². The number of ether oxygens (including phenoxy) is 1. The number of hydrazine groups is 1. The molecule has 1 aromatic heterocycles. The van der Waals surface area contributed by atoms with Crippen molar-refractivity contribution < 1.29 is 4.74 Å². The third kappa shape index (κ3) is 3.33. The van der Waals surface area contributed by atoms with Crippen molar-refractivity contribution >= 4 is 11.6 Å². The van der Waals surface area contributed by atoms with E-state index in [2.05, 4.69) is 27.2 Å². The van der Waals surface area contributed by atoms with Crippen molar-refractivity contribution in [2.75, 3.05) is 24.0 Å². The van der Waals surface area contributed by atoms with Crippen molar-refractivity contribution in [3.05, 3.63) is 11.9 Å². The van der Waals surface area contributed by atoms with Gasteiger partial charge < -0.3 is 15.1 Å². The van der Waals surface area contributed by atoms with Crippen LogP contribution in [0.5, 0.6) is 0 Å². The van der Waals surface area contributed by atoms with E-state index in [1.54, 1.807) is 7.11 Å². The molecule has 2 heterocycles. The van der Waals surface area contributed by atoms with Gasteiger partial charge in [-0.3, -0.25) is 0 Å². The normalized spacial score (nSPS) is 19.5. The Morgan fingerprint density at radius 3 is 3.00 bits per heavy atom. The standard InChI is InChI=1S/C13H23N5O/c1-3-10-6-4-5-7-18(10)13-8-11(17-14)15-12(16-13)9-19-2/h8,10H,3-7,9,14H2,1-2H3,(H,15,16,17). The summed E-state index contributed by atoms with van der Waals surface area (Å²) >= 11 is 0.